The van der Waals surface area contributed by atoms with E-state index in [9.17, 15) is 0 Å². The number of halogens is 1. The maximum absolute atomic E-state index is 6.54. The summed E-state index contributed by atoms with van der Waals surface area (Å²) in [5.41, 5.74) is 1.08. The van der Waals surface area contributed by atoms with Gasteiger partial charge in [0.1, 0.15) is 6.10 Å². The Morgan fingerprint density at radius 1 is 1.09 bits per heavy atom. The molecule has 124 valence electrons. The Hall–Kier alpha value is -0.910. The van der Waals surface area contributed by atoms with Gasteiger partial charge in [0, 0.05) is 11.6 Å². The predicted molar refractivity (Wildman–Crippen MR) is 95.3 cm³/mol. The van der Waals surface area contributed by atoms with Crippen molar-refractivity contribution in [1.29, 1.82) is 0 Å². The largest absolute Gasteiger partial charge is 0.339 e. The van der Waals surface area contributed by atoms with Crippen LogP contribution in [0.2, 0.25) is 0 Å². The average molecular weight is 352 g/mol. The Balaban J connectivity index is 0.00000156. The molecule has 3 atom stereocenters. The molecule has 0 radical (unpaired) electrons. The lowest BCUT2D eigenvalue weighted by molar-refractivity contribution is -0.144. The van der Waals surface area contributed by atoms with E-state index in [1.807, 2.05) is 18.2 Å². The zero-order valence-corrected chi connectivity index (χ0v) is 14.6. The first-order chi connectivity index (χ1) is 10.9. The second kappa shape index (κ2) is 7.32. The van der Waals surface area contributed by atoms with Crippen LogP contribution in [0.3, 0.4) is 0 Å². The Labute approximate surface area is 147 Å². The summed E-state index contributed by atoms with van der Waals surface area (Å²) in [5, 5.41) is 5.68. The normalized spacial score (nSPS) is 30.8. The van der Waals surface area contributed by atoms with Crippen LogP contribution in [0.25, 0.3) is 0 Å². The summed E-state index contributed by atoms with van der Waals surface area (Å²) in [6.45, 7) is 1.73. The molecule has 0 aliphatic carbocycles. The molecule has 0 amide bonds. The molecule has 23 heavy (non-hydrogen) atoms. The Morgan fingerprint density at radius 2 is 1.96 bits per heavy atom. The smallest absolute Gasteiger partial charge is 0.232 e. The van der Waals surface area contributed by atoms with Crippen molar-refractivity contribution in [2.24, 2.45) is 0 Å². The van der Waals surface area contributed by atoms with E-state index >= 15 is 0 Å². The van der Waals surface area contributed by atoms with E-state index < -0.39 is 5.79 Å². The first-order valence-corrected chi connectivity index (χ1v) is 8.91. The van der Waals surface area contributed by atoms with Crippen LogP contribution in [0, 0.1) is 0 Å². The molecule has 2 aliphatic rings. The highest BCUT2D eigenvalue weighted by Crippen LogP contribution is 2.43. The Kier molecular flexibility index (Phi) is 5.39. The molecule has 2 aromatic rings. The third kappa shape index (κ3) is 3.19. The van der Waals surface area contributed by atoms with E-state index in [4.69, 9.17) is 9.47 Å². The van der Waals surface area contributed by atoms with Crippen molar-refractivity contribution < 1.29 is 9.47 Å². The topological polar surface area (TPSA) is 30.5 Å². The van der Waals surface area contributed by atoms with Gasteiger partial charge in [-0.25, -0.2) is 0 Å². The van der Waals surface area contributed by atoms with Crippen LogP contribution >= 0.6 is 23.7 Å². The maximum Gasteiger partial charge on any atom is 0.232 e. The molecule has 0 saturated carbocycles. The number of hydrogen-bond acceptors (Lipinski definition) is 4. The second-order valence-corrected chi connectivity index (χ2v) is 6.93. The minimum absolute atomic E-state index is 0. The molecule has 0 bridgehead atoms. The highest BCUT2D eigenvalue weighted by Gasteiger charge is 2.47. The summed E-state index contributed by atoms with van der Waals surface area (Å²) < 4.78 is 12.8. The maximum atomic E-state index is 6.54. The molecule has 3 heterocycles. The van der Waals surface area contributed by atoms with Gasteiger partial charge in [0.25, 0.3) is 0 Å². The van der Waals surface area contributed by atoms with Gasteiger partial charge >= 0.3 is 0 Å². The molecule has 5 heteroatoms. The van der Waals surface area contributed by atoms with E-state index in [2.05, 4.69) is 35.0 Å². The predicted octanol–water partition coefficient (Wildman–Crippen LogP) is 3.93. The third-order valence-electron chi connectivity index (χ3n) is 4.56. The summed E-state index contributed by atoms with van der Waals surface area (Å²) in [4.78, 5) is 1.12. The van der Waals surface area contributed by atoms with Gasteiger partial charge in [-0.05, 0) is 30.8 Å². The molecule has 2 saturated heterocycles. The van der Waals surface area contributed by atoms with E-state index in [0.717, 1.165) is 17.0 Å². The third-order valence-corrected chi connectivity index (χ3v) is 5.52. The number of rotatable bonds is 3. The van der Waals surface area contributed by atoms with Gasteiger partial charge in [-0.1, -0.05) is 42.8 Å². The second-order valence-electron chi connectivity index (χ2n) is 5.98. The van der Waals surface area contributed by atoms with Crippen LogP contribution in [-0.4, -0.2) is 25.3 Å². The SMILES string of the molecule is Cl.c1ccc(C2(c3cccs3)OC[C@@H](C3CCCCN3)O2)cc1. The van der Waals surface area contributed by atoms with Gasteiger partial charge < -0.3 is 14.8 Å². The molecule has 2 fully saturated rings. The fraction of sp³-hybridized carbons (Fsp3) is 0.444. The number of thiophene rings is 1. The van der Waals surface area contributed by atoms with Gasteiger partial charge in [-0.3, -0.25) is 0 Å². The Morgan fingerprint density at radius 3 is 2.65 bits per heavy atom. The molecule has 2 unspecified atom stereocenters. The molecular weight excluding hydrogens is 330 g/mol. The lowest BCUT2D eigenvalue weighted by Gasteiger charge is -2.31. The van der Waals surface area contributed by atoms with Gasteiger partial charge in [0.15, 0.2) is 0 Å². The number of piperidine rings is 1. The summed E-state index contributed by atoms with van der Waals surface area (Å²) in [5.74, 6) is -0.737. The van der Waals surface area contributed by atoms with Crippen molar-refractivity contribution in [3.05, 3.63) is 58.3 Å². The molecule has 0 spiro atoms. The fourth-order valence-corrected chi connectivity index (χ4v) is 4.26. The lowest BCUT2D eigenvalue weighted by Crippen LogP contribution is -2.45. The van der Waals surface area contributed by atoms with Crippen molar-refractivity contribution in [2.45, 2.75) is 37.2 Å². The standard InChI is InChI=1S/C18H21NO2S.ClH/c1-2-7-14(8-3-1)18(17-10-6-12-22-17)20-13-16(21-18)15-9-4-5-11-19-15;/h1-3,6-8,10,12,15-16,19H,4-5,9,11,13H2;1H/t15?,16-,18?;/m0./s1. The summed E-state index contributed by atoms with van der Waals surface area (Å²) in [6.07, 6.45) is 3.82. The van der Waals surface area contributed by atoms with Crippen molar-refractivity contribution in [2.75, 3.05) is 13.2 Å². The van der Waals surface area contributed by atoms with Gasteiger partial charge in [-0.2, -0.15) is 0 Å². The number of nitrogens with one attached hydrogen (secondary N) is 1. The Bertz CT molecular complexity index is 601. The fourth-order valence-electron chi connectivity index (χ4n) is 3.42. The molecule has 1 aromatic carbocycles. The first kappa shape index (κ1) is 16.9. The van der Waals surface area contributed by atoms with E-state index in [1.54, 1.807) is 11.3 Å². The van der Waals surface area contributed by atoms with Crippen LogP contribution in [0.1, 0.15) is 29.7 Å². The highest BCUT2D eigenvalue weighted by atomic mass is 35.5. The minimum atomic E-state index is -0.737. The highest BCUT2D eigenvalue weighted by molar-refractivity contribution is 7.10. The minimum Gasteiger partial charge on any atom is -0.339 e. The van der Waals surface area contributed by atoms with Crippen molar-refractivity contribution >= 4 is 23.7 Å². The first-order valence-electron chi connectivity index (χ1n) is 8.03. The number of hydrogen-bond donors (Lipinski definition) is 1. The summed E-state index contributed by atoms with van der Waals surface area (Å²) in [7, 11) is 0. The zero-order valence-electron chi connectivity index (χ0n) is 12.9. The van der Waals surface area contributed by atoms with Crippen LogP contribution in [0.5, 0.6) is 0 Å². The zero-order chi connectivity index (χ0) is 14.8. The van der Waals surface area contributed by atoms with Crippen LogP contribution in [0.15, 0.2) is 47.8 Å². The van der Waals surface area contributed by atoms with Crippen LogP contribution in [-0.2, 0) is 15.3 Å². The summed E-state index contributed by atoms with van der Waals surface area (Å²) in [6, 6.07) is 14.9. The van der Waals surface area contributed by atoms with E-state index in [1.165, 1.54) is 19.3 Å². The van der Waals surface area contributed by atoms with Crippen molar-refractivity contribution in [1.82, 2.24) is 5.32 Å². The lowest BCUT2D eigenvalue weighted by atomic mass is 10.00. The quantitative estimate of drug-likeness (QED) is 0.908. The molecule has 4 rings (SSSR count). The van der Waals surface area contributed by atoms with E-state index in [0.29, 0.717) is 12.6 Å². The average Bonchev–Trinajstić information content (AvgIpc) is 3.27. The molecule has 2 aliphatic heterocycles. The van der Waals surface area contributed by atoms with Crippen LogP contribution in [0.4, 0.5) is 0 Å². The molecule has 1 aromatic heterocycles. The van der Waals surface area contributed by atoms with E-state index in [-0.39, 0.29) is 18.5 Å². The molecule has 1 N–H and O–H groups in total. The van der Waals surface area contributed by atoms with Crippen molar-refractivity contribution in [3.8, 4) is 0 Å². The van der Waals surface area contributed by atoms with Gasteiger partial charge in [-0.15, -0.1) is 23.7 Å². The monoisotopic (exact) mass is 351 g/mol. The summed E-state index contributed by atoms with van der Waals surface area (Å²) >= 11 is 1.69. The van der Waals surface area contributed by atoms with Crippen LogP contribution < -0.4 is 5.32 Å². The van der Waals surface area contributed by atoms with Gasteiger partial charge in [0.2, 0.25) is 5.79 Å². The molecule has 3 nitrogen and oxygen atoms in total. The van der Waals surface area contributed by atoms with Gasteiger partial charge in [0.05, 0.1) is 11.5 Å². The molecular formula is C18H22ClNO2S. The number of benzene rings is 1. The number of ether oxygens (including phenoxy) is 2. The van der Waals surface area contributed by atoms with Crippen molar-refractivity contribution in [3.63, 3.8) is 0 Å².